The molecule has 0 radical (unpaired) electrons. The van der Waals surface area contributed by atoms with Crippen molar-refractivity contribution in [2.45, 2.75) is 45.1 Å². The summed E-state index contributed by atoms with van der Waals surface area (Å²) in [6, 6.07) is 12.2. The first kappa shape index (κ1) is 14.3. The van der Waals surface area contributed by atoms with Crippen molar-refractivity contribution in [3.63, 3.8) is 0 Å². The molecule has 1 heterocycles. The molecule has 112 valence electrons. The van der Waals surface area contributed by atoms with Gasteiger partial charge in [-0.1, -0.05) is 31.5 Å². The number of rotatable bonds is 4. The molecule has 1 aromatic heterocycles. The van der Waals surface area contributed by atoms with E-state index in [0.29, 0.717) is 5.92 Å². The van der Waals surface area contributed by atoms with E-state index in [2.05, 4.69) is 30.2 Å². The van der Waals surface area contributed by atoms with Gasteiger partial charge in [-0.05, 0) is 55.7 Å². The van der Waals surface area contributed by atoms with E-state index in [1.807, 2.05) is 29.1 Å². The number of nitrogens with zero attached hydrogens (tertiary/aromatic N) is 2. The van der Waals surface area contributed by atoms with Crippen molar-refractivity contribution in [3.8, 4) is 5.69 Å². The highest BCUT2D eigenvalue weighted by atomic mass is 16.3. The fraction of sp³-hybridized carbons (Fsp3) is 0.500. The molecule has 0 spiro atoms. The number of aliphatic hydroxyl groups is 1. The minimum atomic E-state index is -0.158. The standard InChI is InChI=1S/C18H24N2O/c1-2-14-8-9-18(21)15(12-14)13-16-10-11-20(19-16)17-6-4-3-5-7-17/h3-7,10-11,14-15,18,21H,2,8-9,12-13H2,1H3. The molecule has 1 saturated carbocycles. The summed E-state index contributed by atoms with van der Waals surface area (Å²) in [5.41, 5.74) is 2.17. The summed E-state index contributed by atoms with van der Waals surface area (Å²) >= 11 is 0. The summed E-state index contributed by atoms with van der Waals surface area (Å²) in [5.74, 6) is 1.14. The van der Waals surface area contributed by atoms with E-state index in [1.54, 1.807) is 0 Å². The average Bonchev–Trinajstić information content (AvgIpc) is 2.99. The van der Waals surface area contributed by atoms with Crippen LogP contribution in [0, 0.1) is 11.8 Å². The Labute approximate surface area is 126 Å². The van der Waals surface area contributed by atoms with E-state index >= 15 is 0 Å². The monoisotopic (exact) mass is 284 g/mol. The molecule has 0 bridgehead atoms. The van der Waals surface area contributed by atoms with Crippen molar-refractivity contribution in [2.75, 3.05) is 0 Å². The zero-order chi connectivity index (χ0) is 14.7. The zero-order valence-electron chi connectivity index (χ0n) is 12.7. The second-order valence-electron chi connectivity index (χ2n) is 6.21. The highest BCUT2D eigenvalue weighted by Crippen LogP contribution is 2.33. The third kappa shape index (κ3) is 3.35. The Morgan fingerprint density at radius 1 is 1.19 bits per heavy atom. The largest absolute Gasteiger partial charge is 0.393 e. The van der Waals surface area contributed by atoms with Crippen LogP contribution in [0.1, 0.15) is 38.3 Å². The van der Waals surface area contributed by atoms with Crippen molar-refractivity contribution < 1.29 is 5.11 Å². The van der Waals surface area contributed by atoms with Gasteiger partial charge in [0.05, 0.1) is 17.5 Å². The Bertz CT molecular complexity index is 564. The van der Waals surface area contributed by atoms with Crippen LogP contribution in [0.5, 0.6) is 0 Å². The molecular weight excluding hydrogens is 260 g/mol. The molecule has 0 amide bonds. The Morgan fingerprint density at radius 3 is 2.76 bits per heavy atom. The number of para-hydroxylation sites is 1. The molecule has 3 unspecified atom stereocenters. The third-order valence-corrected chi connectivity index (χ3v) is 4.76. The van der Waals surface area contributed by atoms with Crippen molar-refractivity contribution >= 4 is 0 Å². The molecule has 1 aromatic carbocycles. The molecule has 1 aliphatic carbocycles. The summed E-state index contributed by atoms with van der Waals surface area (Å²) in [7, 11) is 0. The van der Waals surface area contributed by atoms with E-state index in [1.165, 1.54) is 12.8 Å². The fourth-order valence-electron chi connectivity index (χ4n) is 3.40. The summed E-state index contributed by atoms with van der Waals surface area (Å²) in [5, 5.41) is 14.9. The quantitative estimate of drug-likeness (QED) is 0.931. The van der Waals surface area contributed by atoms with Crippen molar-refractivity contribution in [1.29, 1.82) is 0 Å². The number of aromatic nitrogens is 2. The lowest BCUT2D eigenvalue weighted by Crippen LogP contribution is -2.30. The SMILES string of the molecule is CCC1CCC(O)C(Cc2ccn(-c3ccccc3)n2)C1. The minimum Gasteiger partial charge on any atom is -0.393 e. The molecule has 3 atom stereocenters. The predicted octanol–water partition coefficient (Wildman–Crippen LogP) is 3.60. The highest BCUT2D eigenvalue weighted by molar-refractivity contribution is 5.30. The molecule has 3 heteroatoms. The maximum atomic E-state index is 10.2. The summed E-state index contributed by atoms with van der Waals surface area (Å²) < 4.78 is 1.92. The summed E-state index contributed by atoms with van der Waals surface area (Å²) in [4.78, 5) is 0. The van der Waals surface area contributed by atoms with Gasteiger partial charge in [-0.3, -0.25) is 0 Å². The van der Waals surface area contributed by atoms with Gasteiger partial charge in [0, 0.05) is 6.20 Å². The lowest BCUT2D eigenvalue weighted by molar-refractivity contribution is 0.0470. The summed E-state index contributed by atoms with van der Waals surface area (Å²) in [6.07, 6.45) is 7.22. The number of hydrogen-bond donors (Lipinski definition) is 1. The first-order chi connectivity index (χ1) is 10.3. The lowest BCUT2D eigenvalue weighted by Gasteiger charge is -2.32. The van der Waals surface area contributed by atoms with Gasteiger partial charge in [0.2, 0.25) is 0 Å². The molecule has 21 heavy (non-hydrogen) atoms. The zero-order valence-corrected chi connectivity index (χ0v) is 12.7. The van der Waals surface area contributed by atoms with Crippen LogP contribution in [0.4, 0.5) is 0 Å². The van der Waals surface area contributed by atoms with Gasteiger partial charge < -0.3 is 5.11 Å². The Kier molecular flexibility index (Phi) is 4.39. The van der Waals surface area contributed by atoms with Crippen LogP contribution in [0.25, 0.3) is 5.69 Å². The molecule has 1 aliphatic rings. The lowest BCUT2D eigenvalue weighted by atomic mass is 9.76. The molecule has 2 aromatic rings. The Hall–Kier alpha value is -1.61. The van der Waals surface area contributed by atoms with Gasteiger partial charge in [0.25, 0.3) is 0 Å². The topological polar surface area (TPSA) is 38.0 Å². The van der Waals surface area contributed by atoms with Crippen molar-refractivity contribution in [1.82, 2.24) is 9.78 Å². The van der Waals surface area contributed by atoms with Gasteiger partial charge in [-0.15, -0.1) is 0 Å². The van der Waals surface area contributed by atoms with Gasteiger partial charge in [-0.2, -0.15) is 5.10 Å². The molecule has 0 aliphatic heterocycles. The van der Waals surface area contributed by atoms with E-state index in [9.17, 15) is 5.11 Å². The second kappa shape index (κ2) is 6.44. The van der Waals surface area contributed by atoms with Gasteiger partial charge in [-0.25, -0.2) is 4.68 Å². The average molecular weight is 284 g/mol. The van der Waals surface area contributed by atoms with Gasteiger partial charge in [0.15, 0.2) is 0 Å². The number of hydrogen-bond acceptors (Lipinski definition) is 2. The first-order valence-electron chi connectivity index (χ1n) is 8.04. The van der Waals surface area contributed by atoms with E-state index in [4.69, 9.17) is 0 Å². The van der Waals surface area contributed by atoms with E-state index in [-0.39, 0.29) is 6.10 Å². The summed E-state index contributed by atoms with van der Waals surface area (Å²) in [6.45, 7) is 2.25. The number of benzene rings is 1. The molecule has 0 saturated heterocycles. The van der Waals surface area contributed by atoms with E-state index < -0.39 is 0 Å². The van der Waals surface area contributed by atoms with Crippen LogP contribution >= 0.6 is 0 Å². The molecule has 1 fully saturated rings. The highest BCUT2D eigenvalue weighted by Gasteiger charge is 2.28. The fourth-order valence-corrected chi connectivity index (χ4v) is 3.40. The second-order valence-corrected chi connectivity index (χ2v) is 6.21. The van der Waals surface area contributed by atoms with Crippen molar-refractivity contribution in [3.05, 3.63) is 48.3 Å². The number of aliphatic hydroxyl groups excluding tert-OH is 1. The van der Waals surface area contributed by atoms with Crippen LogP contribution in [0.15, 0.2) is 42.6 Å². The first-order valence-corrected chi connectivity index (χ1v) is 8.04. The van der Waals surface area contributed by atoms with Crippen LogP contribution < -0.4 is 0 Å². The van der Waals surface area contributed by atoms with Crippen LogP contribution in [-0.2, 0) is 6.42 Å². The smallest absolute Gasteiger partial charge is 0.0645 e. The Balaban J connectivity index is 1.69. The van der Waals surface area contributed by atoms with Crippen LogP contribution in [-0.4, -0.2) is 21.0 Å². The van der Waals surface area contributed by atoms with Crippen LogP contribution in [0.3, 0.4) is 0 Å². The molecule has 3 rings (SSSR count). The van der Waals surface area contributed by atoms with E-state index in [0.717, 1.165) is 36.6 Å². The van der Waals surface area contributed by atoms with Gasteiger partial charge >= 0.3 is 0 Å². The normalized spacial score (nSPS) is 25.9. The molecule has 1 N–H and O–H groups in total. The van der Waals surface area contributed by atoms with Gasteiger partial charge in [0.1, 0.15) is 0 Å². The maximum Gasteiger partial charge on any atom is 0.0645 e. The third-order valence-electron chi connectivity index (χ3n) is 4.76. The molecular formula is C18H24N2O. The molecule has 3 nitrogen and oxygen atoms in total. The minimum absolute atomic E-state index is 0.158. The predicted molar refractivity (Wildman–Crippen MR) is 84.4 cm³/mol. The Morgan fingerprint density at radius 2 is 2.00 bits per heavy atom. The van der Waals surface area contributed by atoms with Crippen molar-refractivity contribution in [2.24, 2.45) is 11.8 Å². The van der Waals surface area contributed by atoms with Crippen LogP contribution in [0.2, 0.25) is 0 Å². The maximum absolute atomic E-state index is 10.2.